The summed E-state index contributed by atoms with van der Waals surface area (Å²) in [6, 6.07) is 2.45. The van der Waals surface area contributed by atoms with Gasteiger partial charge < -0.3 is 4.90 Å². The van der Waals surface area contributed by atoms with Crippen LogP contribution in [0.5, 0.6) is 0 Å². The lowest BCUT2D eigenvalue weighted by Gasteiger charge is -2.35. The first-order chi connectivity index (χ1) is 7.68. The van der Waals surface area contributed by atoms with Crippen LogP contribution >= 0.6 is 0 Å². The van der Waals surface area contributed by atoms with Crippen molar-refractivity contribution in [2.45, 2.75) is 19.8 Å². The van der Waals surface area contributed by atoms with Crippen LogP contribution in [0, 0.1) is 16.7 Å². The highest BCUT2D eigenvalue weighted by Gasteiger charge is 2.37. The highest BCUT2D eigenvalue weighted by Crippen LogP contribution is 2.32. The third-order valence-electron chi connectivity index (χ3n) is 3.10. The Hall–Kier alpha value is -1.40. The molecule has 1 saturated heterocycles. The molecule has 0 amide bonds. The first kappa shape index (κ1) is 12.7. The Morgan fingerprint density at radius 2 is 2.12 bits per heavy atom. The zero-order chi connectivity index (χ0) is 12.0. The molecule has 0 aromatic carbocycles. The van der Waals surface area contributed by atoms with E-state index in [0.29, 0.717) is 0 Å². The highest BCUT2D eigenvalue weighted by molar-refractivity contribution is 6.02. The van der Waals surface area contributed by atoms with E-state index in [2.05, 4.69) is 29.6 Å². The summed E-state index contributed by atoms with van der Waals surface area (Å²) in [6.45, 7) is 7.45. The van der Waals surface area contributed by atoms with Gasteiger partial charge in [0.05, 0.1) is 11.8 Å². The summed E-state index contributed by atoms with van der Waals surface area (Å²) in [4.78, 5) is 6.51. The highest BCUT2D eigenvalue weighted by atomic mass is 15.1. The third kappa shape index (κ3) is 2.59. The smallest absolute Gasteiger partial charge is 0.102 e. The molecule has 0 radical (unpaired) electrons. The fourth-order valence-corrected chi connectivity index (χ4v) is 2.01. The molecular formula is C13H19N3. The maximum Gasteiger partial charge on any atom is 0.102 e. The van der Waals surface area contributed by atoms with E-state index in [1.165, 1.54) is 6.20 Å². The maximum atomic E-state index is 9.43. The summed E-state index contributed by atoms with van der Waals surface area (Å²) in [5, 5.41) is 9.43. The molecule has 16 heavy (non-hydrogen) atoms. The second kappa shape index (κ2) is 5.62. The Bertz CT molecular complexity index is 339. The maximum absolute atomic E-state index is 9.43. The van der Waals surface area contributed by atoms with Gasteiger partial charge in [-0.05, 0) is 46.0 Å². The quantitative estimate of drug-likeness (QED) is 0.681. The molecule has 1 rings (SSSR count). The lowest BCUT2D eigenvalue weighted by atomic mass is 9.75. The minimum absolute atomic E-state index is 0.423. The van der Waals surface area contributed by atoms with Crippen molar-refractivity contribution < 1.29 is 0 Å². The Morgan fingerprint density at radius 3 is 2.56 bits per heavy atom. The Morgan fingerprint density at radius 1 is 1.50 bits per heavy atom. The molecule has 86 valence electrons. The summed E-state index contributed by atoms with van der Waals surface area (Å²) < 4.78 is 0. The van der Waals surface area contributed by atoms with Gasteiger partial charge in [0.1, 0.15) is 5.41 Å². The largest absolute Gasteiger partial charge is 0.306 e. The number of nitriles is 1. The van der Waals surface area contributed by atoms with E-state index >= 15 is 0 Å². The summed E-state index contributed by atoms with van der Waals surface area (Å²) in [5.41, 5.74) is 0.424. The van der Waals surface area contributed by atoms with Gasteiger partial charge in [0.15, 0.2) is 0 Å². The van der Waals surface area contributed by atoms with Crippen LogP contribution in [0.25, 0.3) is 0 Å². The van der Waals surface area contributed by atoms with Gasteiger partial charge in [-0.1, -0.05) is 12.7 Å². The molecule has 0 unspecified atom stereocenters. The van der Waals surface area contributed by atoms with Crippen molar-refractivity contribution in [3.63, 3.8) is 0 Å². The molecule has 0 spiro atoms. The van der Waals surface area contributed by atoms with Crippen molar-refractivity contribution in [2.75, 3.05) is 20.1 Å². The monoisotopic (exact) mass is 217 g/mol. The van der Waals surface area contributed by atoms with E-state index in [-0.39, 0.29) is 0 Å². The lowest BCUT2D eigenvalue weighted by molar-refractivity contribution is 0.218. The van der Waals surface area contributed by atoms with Crippen LogP contribution < -0.4 is 0 Å². The topological polar surface area (TPSA) is 39.4 Å². The molecule has 0 N–H and O–H groups in total. The van der Waals surface area contributed by atoms with Gasteiger partial charge in [-0.25, -0.2) is 0 Å². The summed E-state index contributed by atoms with van der Waals surface area (Å²) >= 11 is 0. The number of likely N-dealkylation sites (tertiary alicyclic amines) is 1. The van der Waals surface area contributed by atoms with Crippen molar-refractivity contribution in [1.82, 2.24) is 4.90 Å². The number of nitrogens with zero attached hydrogens (tertiary/aromatic N) is 3. The Labute approximate surface area is 97.8 Å². The molecule has 1 heterocycles. The molecule has 0 aliphatic carbocycles. The van der Waals surface area contributed by atoms with E-state index in [1.807, 2.05) is 19.1 Å². The van der Waals surface area contributed by atoms with Crippen LogP contribution in [0.1, 0.15) is 19.8 Å². The first-order valence-corrected chi connectivity index (χ1v) is 5.60. The minimum atomic E-state index is -0.423. The summed E-state index contributed by atoms with van der Waals surface area (Å²) in [7, 11) is 2.08. The van der Waals surface area contributed by atoms with Crippen molar-refractivity contribution in [3.05, 3.63) is 24.9 Å². The van der Waals surface area contributed by atoms with E-state index in [0.717, 1.165) is 31.6 Å². The van der Waals surface area contributed by atoms with Crippen LogP contribution in [0.4, 0.5) is 0 Å². The van der Waals surface area contributed by atoms with Gasteiger partial charge in [0.2, 0.25) is 0 Å². The van der Waals surface area contributed by atoms with Gasteiger partial charge in [-0.15, -0.1) is 0 Å². The number of rotatable bonds is 3. The molecular weight excluding hydrogens is 198 g/mol. The van der Waals surface area contributed by atoms with Crippen molar-refractivity contribution in [1.29, 1.82) is 5.26 Å². The van der Waals surface area contributed by atoms with Crippen molar-refractivity contribution in [2.24, 2.45) is 10.4 Å². The van der Waals surface area contributed by atoms with Gasteiger partial charge in [-0.2, -0.15) is 5.26 Å². The fourth-order valence-electron chi connectivity index (χ4n) is 2.01. The molecule has 0 bridgehead atoms. The molecule has 0 aromatic rings. The second-order valence-electron chi connectivity index (χ2n) is 4.19. The number of hydrogen-bond donors (Lipinski definition) is 0. The molecule has 1 fully saturated rings. The van der Waals surface area contributed by atoms with Gasteiger partial charge in [0.25, 0.3) is 0 Å². The standard InChI is InChI=1S/C13H19N3/c1-4-6-12(15-5-2)13(11-14)7-9-16(3)10-8-13/h4-6H,2,7-10H2,1,3H3/b6-4-,15-12?. The molecule has 1 aliphatic rings. The van der Waals surface area contributed by atoms with Crippen LogP contribution in [0.3, 0.4) is 0 Å². The van der Waals surface area contributed by atoms with Crippen LogP contribution in [0.2, 0.25) is 0 Å². The average Bonchev–Trinajstić information content (AvgIpc) is 2.31. The van der Waals surface area contributed by atoms with E-state index in [4.69, 9.17) is 0 Å². The number of aliphatic imine (C=N–C) groups is 1. The fraction of sp³-hybridized carbons (Fsp3) is 0.538. The number of piperidine rings is 1. The van der Waals surface area contributed by atoms with Gasteiger partial charge in [0, 0.05) is 6.20 Å². The van der Waals surface area contributed by atoms with Gasteiger partial charge in [-0.3, -0.25) is 4.99 Å². The van der Waals surface area contributed by atoms with Gasteiger partial charge >= 0.3 is 0 Å². The van der Waals surface area contributed by atoms with E-state index < -0.39 is 5.41 Å². The van der Waals surface area contributed by atoms with Crippen molar-refractivity contribution in [3.8, 4) is 6.07 Å². The van der Waals surface area contributed by atoms with E-state index in [1.54, 1.807) is 0 Å². The number of hydrogen-bond acceptors (Lipinski definition) is 3. The van der Waals surface area contributed by atoms with Crippen LogP contribution in [0.15, 0.2) is 29.9 Å². The predicted octanol–water partition coefficient (Wildman–Crippen LogP) is 2.38. The molecule has 0 aromatic heterocycles. The second-order valence-corrected chi connectivity index (χ2v) is 4.19. The average molecular weight is 217 g/mol. The number of allylic oxidation sites excluding steroid dienone is 2. The van der Waals surface area contributed by atoms with E-state index in [9.17, 15) is 5.26 Å². The molecule has 3 heteroatoms. The molecule has 0 saturated carbocycles. The predicted molar refractivity (Wildman–Crippen MR) is 67.2 cm³/mol. The Balaban J connectivity index is 2.99. The summed E-state index contributed by atoms with van der Waals surface area (Å²) in [6.07, 6.45) is 7.07. The SMILES string of the molecule is C=CN=C(/C=C\C)C1(C#N)CCN(C)CC1. The minimum Gasteiger partial charge on any atom is -0.306 e. The van der Waals surface area contributed by atoms with Crippen LogP contribution in [-0.2, 0) is 0 Å². The van der Waals surface area contributed by atoms with Crippen molar-refractivity contribution >= 4 is 5.71 Å². The molecule has 0 atom stereocenters. The van der Waals surface area contributed by atoms with Crippen LogP contribution in [-0.4, -0.2) is 30.7 Å². The third-order valence-corrected chi connectivity index (χ3v) is 3.10. The lowest BCUT2D eigenvalue weighted by Crippen LogP contribution is -2.41. The first-order valence-electron chi connectivity index (χ1n) is 5.60. The molecule has 3 nitrogen and oxygen atoms in total. The zero-order valence-electron chi connectivity index (χ0n) is 10.1. The summed E-state index contributed by atoms with van der Waals surface area (Å²) in [5.74, 6) is 0. The zero-order valence-corrected chi connectivity index (χ0v) is 10.1. The Kier molecular flexibility index (Phi) is 4.45. The normalized spacial score (nSPS) is 21.9. The molecule has 1 aliphatic heterocycles.